The lowest BCUT2D eigenvalue weighted by atomic mass is 10.2. The summed E-state index contributed by atoms with van der Waals surface area (Å²) in [5, 5.41) is 12.3. The van der Waals surface area contributed by atoms with Gasteiger partial charge in [0.2, 0.25) is 5.91 Å². The zero-order valence-corrected chi connectivity index (χ0v) is 11.7. The van der Waals surface area contributed by atoms with Crippen LogP contribution in [0.15, 0.2) is 54.6 Å². The molecule has 2 N–H and O–H groups in total. The van der Waals surface area contributed by atoms with Gasteiger partial charge in [-0.1, -0.05) is 30.3 Å². The Bertz CT molecular complexity index is 633. The van der Waals surface area contributed by atoms with Crippen LogP contribution in [0.4, 0.5) is 0 Å². The van der Waals surface area contributed by atoms with Crippen molar-refractivity contribution in [2.75, 3.05) is 7.11 Å². The predicted octanol–water partition coefficient (Wildman–Crippen LogP) is 2.73. The smallest absolute Gasteiger partial charge is 0.244 e. The molecule has 0 unspecified atom stereocenters. The van der Waals surface area contributed by atoms with Gasteiger partial charge in [-0.2, -0.15) is 0 Å². The third-order valence-electron chi connectivity index (χ3n) is 2.99. The van der Waals surface area contributed by atoms with E-state index in [0.29, 0.717) is 12.1 Å². The van der Waals surface area contributed by atoms with Gasteiger partial charge >= 0.3 is 0 Å². The average Bonchev–Trinajstić information content (AvgIpc) is 2.52. The second-order valence-electron chi connectivity index (χ2n) is 4.45. The van der Waals surface area contributed by atoms with E-state index in [0.717, 1.165) is 11.3 Å². The molecule has 1 amide bonds. The van der Waals surface area contributed by atoms with Crippen LogP contribution in [0, 0.1) is 0 Å². The molecule has 108 valence electrons. The summed E-state index contributed by atoms with van der Waals surface area (Å²) in [4.78, 5) is 11.7. The van der Waals surface area contributed by atoms with E-state index in [4.69, 9.17) is 4.74 Å². The van der Waals surface area contributed by atoms with Gasteiger partial charge in [-0.25, -0.2) is 0 Å². The molecule has 0 bridgehead atoms. The zero-order chi connectivity index (χ0) is 15.1. The Morgan fingerprint density at radius 2 is 1.90 bits per heavy atom. The highest BCUT2D eigenvalue weighted by molar-refractivity contribution is 5.91. The van der Waals surface area contributed by atoms with Gasteiger partial charge in [-0.15, -0.1) is 0 Å². The van der Waals surface area contributed by atoms with Crippen LogP contribution in [0.5, 0.6) is 11.5 Å². The molecule has 0 heterocycles. The maximum Gasteiger partial charge on any atom is 0.244 e. The Kier molecular flexibility index (Phi) is 4.99. The number of benzene rings is 2. The zero-order valence-electron chi connectivity index (χ0n) is 11.7. The molecule has 0 saturated carbocycles. The van der Waals surface area contributed by atoms with Crippen molar-refractivity contribution in [1.29, 1.82) is 0 Å². The van der Waals surface area contributed by atoms with Crippen molar-refractivity contribution in [3.05, 3.63) is 65.7 Å². The van der Waals surface area contributed by atoms with Crippen LogP contribution < -0.4 is 10.1 Å². The predicted molar refractivity (Wildman–Crippen MR) is 82.0 cm³/mol. The van der Waals surface area contributed by atoms with E-state index in [2.05, 4.69) is 5.32 Å². The van der Waals surface area contributed by atoms with Crippen LogP contribution in [-0.2, 0) is 11.3 Å². The highest BCUT2D eigenvalue weighted by atomic mass is 16.5. The number of aromatic hydroxyl groups is 1. The molecule has 21 heavy (non-hydrogen) atoms. The molecular weight excluding hydrogens is 266 g/mol. The van der Waals surface area contributed by atoms with Crippen LogP contribution in [0.2, 0.25) is 0 Å². The second-order valence-corrected chi connectivity index (χ2v) is 4.45. The quantitative estimate of drug-likeness (QED) is 0.829. The van der Waals surface area contributed by atoms with Gasteiger partial charge in [0.1, 0.15) is 11.5 Å². The third kappa shape index (κ3) is 4.38. The van der Waals surface area contributed by atoms with Crippen molar-refractivity contribution in [1.82, 2.24) is 5.32 Å². The fourth-order valence-corrected chi connectivity index (χ4v) is 1.79. The Morgan fingerprint density at radius 1 is 1.19 bits per heavy atom. The minimum absolute atomic E-state index is 0.178. The molecule has 0 aliphatic heterocycles. The maximum atomic E-state index is 11.7. The van der Waals surface area contributed by atoms with Gasteiger partial charge in [0.25, 0.3) is 0 Å². The SMILES string of the molecule is COc1ccc(/C=C/C(=O)NCc2ccccc2O)cc1. The Balaban J connectivity index is 1.89. The number of phenols is 1. The number of phenolic OH excluding ortho intramolecular Hbond substituents is 1. The van der Waals surface area contributed by atoms with Gasteiger partial charge < -0.3 is 15.2 Å². The number of para-hydroxylation sites is 1. The number of methoxy groups -OCH3 is 1. The van der Waals surface area contributed by atoms with Crippen molar-refractivity contribution in [3.8, 4) is 11.5 Å². The van der Waals surface area contributed by atoms with Crippen molar-refractivity contribution in [3.63, 3.8) is 0 Å². The number of rotatable bonds is 5. The fraction of sp³-hybridized carbons (Fsp3) is 0.118. The van der Waals surface area contributed by atoms with Crippen LogP contribution in [-0.4, -0.2) is 18.1 Å². The molecule has 2 aromatic carbocycles. The molecule has 2 aromatic rings. The van der Waals surface area contributed by atoms with E-state index in [9.17, 15) is 9.90 Å². The first-order chi connectivity index (χ1) is 10.2. The molecule has 0 saturated heterocycles. The number of nitrogens with one attached hydrogen (secondary N) is 1. The van der Waals surface area contributed by atoms with Gasteiger partial charge in [-0.3, -0.25) is 4.79 Å². The van der Waals surface area contributed by atoms with E-state index < -0.39 is 0 Å². The van der Waals surface area contributed by atoms with E-state index in [-0.39, 0.29) is 11.7 Å². The number of carbonyl (C=O) groups is 1. The second kappa shape index (κ2) is 7.14. The Morgan fingerprint density at radius 3 is 2.57 bits per heavy atom. The molecule has 0 spiro atoms. The van der Waals surface area contributed by atoms with E-state index in [1.807, 2.05) is 30.3 Å². The largest absolute Gasteiger partial charge is 0.508 e. The molecule has 4 heteroatoms. The Hall–Kier alpha value is -2.75. The van der Waals surface area contributed by atoms with Gasteiger partial charge in [0, 0.05) is 18.2 Å². The third-order valence-corrected chi connectivity index (χ3v) is 2.99. The van der Waals surface area contributed by atoms with Crippen LogP contribution in [0.25, 0.3) is 6.08 Å². The first kappa shape index (κ1) is 14.7. The summed E-state index contributed by atoms with van der Waals surface area (Å²) in [6.45, 7) is 0.290. The molecule has 4 nitrogen and oxygen atoms in total. The molecule has 0 aromatic heterocycles. The van der Waals surface area contributed by atoms with Crippen molar-refractivity contribution < 1.29 is 14.6 Å². The highest BCUT2D eigenvalue weighted by Gasteiger charge is 2.01. The molecular formula is C17H17NO3. The van der Waals surface area contributed by atoms with E-state index >= 15 is 0 Å². The molecule has 0 aliphatic carbocycles. The summed E-state index contributed by atoms with van der Waals surface area (Å²) in [5.74, 6) is 0.738. The number of carbonyl (C=O) groups excluding carboxylic acids is 1. The fourth-order valence-electron chi connectivity index (χ4n) is 1.79. The number of hydrogen-bond donors (Lipinski definition) is 2. The first-order valence-electron chi connectivity index (χ1n) is 6.56. The maximum absolute atomic E-state index is 11.7. The lowest BCUT2D eigenvalue weighted by molar-refractivity contribution is -0.116. The number of hydrogen-bond acceptors (Lipinski definition) is 3. The summed E-state index contributed by atoms with van der Waals surface area (Å²) < 4.78 is 5.07. The number of amides is 1. The molecule has 0 fully saturated rings. The van der Waals surface area contributed by atoms with Crippen LogP contribution in [0.1, 0.15) is 11.1 Å². The lowest BCUT2D eigenvalue weighted by Gasteiger charge is -2.04. The summed E-state index contributed by atoms with van der Waals surface area (Å²) in [6.07, 6.45) is 3.18. The van der Waals surface area contributed by atoms with Crippen LogP contribution >= 0.6 is 0 Å². The van der Waals surface area contributed by atoms with Gasteiger partial charge in [0.15, 0.2) is 0 Å². The van der Waals surface area contributed by atoms with E-state index in [1.54, 1.807) is 31.4 Å². The monoisotopic (exact) mass is 283 g/mol. The summed E-state index contributed by atoms with van der Waals surface area (Å²) >= 11 is 0. The van der Waals surface area contributed by atoms with Crippen molar-refractivity contribution in [2.24, 2.45) is 0 Å². The lowest BCUT2D eigenvalue weighted by Crippen LogP contribution is -2.20. The van der Waals surface area contributed by atoms with Crippen molar-refractivity contribution in [2.45, 2.75) is 6.54 Å². The van der Waals surface area contributed by atoms with E-state index in [1.165, 1.54) is 6.08 Å². The van der Waals surface area contributed by atoms with Gasteiger partial charge in [-0.05, 0) is 29.8 Å². The molecule has 0 radical (unpaired) electrons. The van der Waals surface area contributed by atoms with Gasteiger partial charge in [0.05, 0.1) is 7.11 Å². The summed E-state index contributed by atoms with van der Waals surface area (Å²) in [6, 6.07) is 14.3. The standard InChI is InChI=1S/C17H17NO3/c1-21-15-9-6-13(7-10-15)8-11-17(20)18-12-14-4-2-3-5-16(14)19/h2-11,19H,12H2,1H3,(H,18,20)/b11-8+. The normalized spacial score (nSPS) is 10.5. The molecule has 2 rings (SSSR count). The number of ether oxygens (including phenoxy) is 1. The minimum atomic E-state index is -0.214. The molecule has 0 atom stereocenters. The highest BCUT2D eigenvalue weighted by Crippen LogP contribution is 2.15. The Labute approximate surface area is 123 Å². The summed E-state index contributed by atoms with van der Waals surface area (Å²) in [5.41, 5.74) is 1.59. The minimum Gasteiger partial charge on any atom is -0.508 e. The molecule has 0 aliphatic rings. The average molecular weight is 283 g/mol. The summed E-state index contributed by atoms with van der Waals surface area (Å²) in [7, 11) is 1.61. The van der Waals surface area contributed by atoms with Crippen molar-refractivity contribution >= 4 is 12.0 Å². The first-order valence-corrected chi connectivity index (χ1v) is 6.56. The van der Waals surface area contributed by atoms with Crippen LogP contribution in [0.3, 0.4) is 0 Å². The topological polar surface area (TPSA) is 58.6 Å².